The van der Waals surface area contributed by atoms with E-state index in [1.54, 1.807) is 4.90 Å². The van der Waals surface area contributed by atoms with Crippen molar-refractivity contribution in [2.45, 2.75) is 58.7 Å². The summed E-state index contributed by atoms with van der Waals surface area (Å²) in [7, 11) is 0. The lowest BCUT2D eigenvalue weighted by atomic mass is 10.1. The molecule has 0 saturated carbocycles. The number of halogens is 1. The highest BCUT2D eigenvalue weighted by Gasteiger charge is 2.33. The molecule has 3 aliphatic heterocycles. The maximum absolute atomic E-state index is 13.7. The summed E-state index contributed by atoms with van der Waals surface area (Å²) in [5.41, 5.74) is 4.37. The Kier molecular flexibility index (Phi) is 7.76. The zero-order valence-electron chi connectivity index (χ0n) is 21.3. The zero-order valence-corrected chi connectivity index (χ0v) is 22.1. The number of carbonyl (C=O) groups is 2. The monoisotopic (exact) mass is 513 g/mol. The van der Waals surface area contributed by atoms with Crippen LogP contribution in [0.15, 0.2) is 30.5 Å². The molecule has 0 radical (unpaired) electrons. The number of piperazine rings is 1. The Morgan fingerprint density at radius 2 is 1.81 bits per heavy atom. The second kappa shape index (κ2) is 10.6. The van der Waals surface area contributed by atoms with Gasteiger partial charge in [0.1, 0.15) is 12.0 Å². The molecule has 2 amide bonds. The fourth-order valence-electron chi connectivity index (χ4n) is 5.71. The normalized spacial score (nSPS) is 22.3. The fraction of sp³-hybridized carbons (Fsp3) is 0.519. The minimum atomic E-state index is -0.541. The van der Waals surface area contributed by atoms with Crippen molar-refractivity contribution in [2.75, 3.05) is 47.4 Å². The Bertz CT molecular complexity index is 1120. The van der Waals surface area contributed by atoms with E-state index in [0.717, 1.165) is 55.0 Å². The van der Waals surface area contributed by atoms with Gasteiger partial charge in [0, 0.05) is 57.1 Å². The van der Waals surface area contributed by atoms with Crippen LogP contribution in [-0.4, -0.2) is 71.8 Å². The summed E-state index contributed by atoms with van der Waals surface area (Å²) >= 11 is 0. The molecule has 4 heterocycles. The van der Waals surface area contributed by atoms with Crippen molar-refractivity contribution in [1.29, 1.82) is 0 Å². The number of benzene rings is 1. The molecule has 9 heteroatoms. The molecule has 0 spiro atoms. The van der Waals surface area contributed by atoms with Gasteiger partial charge in [-0.1, -0.05) is 6.07 Å². The Balaban J connectivity index is 0.00000304. The number of nitrogens with zero attached hydrogens (tertiary/aromatic N) is 5. The third kappa shape index (κ3) is 4.89. The predicted octanol–water partition coefficient (Wildman–Crippen LogP) is 3.52. The summed E-state index contributed by atoms with van der Waals surface area (Å²) in [6.07, 6.45) is 4.28. The molecular formula is C27H36ClN5O3. The third-order valence-electron chi connectivity index (χ3n) is 7.57. The van der Waals surface area contributed by atoms with Crippen LogP contribution in [0.25, 0.3) is 0 Å². The lowest BCUT2D eigenvalue weighted by Crippen LogP contribution is -2.49. The molecular weight excluding hydrogens is 478 g/mol. The van der Waals surface area contributed by atoms with E-state index < -0.39 is 6.23 Å². The second-order valence-electron chi connectivity index (χ2n) is 10.1. The van der Waals surface area contributed by atoms with Gasteiger partial charge < -0.3 is 24.7 Å². The number of aliphatic hydroxyl groups is 1. The van der Waals surface area contributed by atoms with Gasteiger partial charge in [0.25, 0.3) is 5.91 Å². The van der Waals surface area contributed by atoms with Gasteiger partial charge in [0.2, 0.25) is 5.91 Å². The van der Waals surface area contributed by atoms with E-state index in [0.29, 0.717) is 37.3 Å². The number of aromatic nitrogens is 1. The smallest absolute Gasteiger partial charge is 0.256 e. The van der Waals surface area contributed by atoms with Crippen molar-refractivity contribution < 1.29 is 14.7 Å². The quantitative estimate of drug-likeness (QED) is 0.674. The summed E-state index contributed by atoms with van der Waals surface area (Å²) < 4.78 is 0. The van der Waals surface area contributed by atoms with Crippen LogP contribution in [-0.2, 0) is 4.79 Å². The Morgan fingerprint density at radius 3 is 2.42 bits per heavy atom. The van der Waals surface area contributed by atoms with E-state index in [9.17, 15) is 14.7 Å². The van der Waals surface area contributed by atoms with Crippen molar-refractivity contribution in [3.63, 3.8) is 0 Å². The summed E-state index contributed by atoms with van der Waals surface area (Å²) in [5.74, 6) is 0.986. The van der Waals surface area contributed by atoms with Crippen molar-refractivity contribution >= 4 is 41.4 Å². The average molecular weight is 514 g/mol. The third-order valence-corrected chi connectivity index (χ3v) is 7.57. The van der Waals surface area contributed by atoms with Crippen LogP contribution in [0.1, 0.15) is 54.1 Å². The number of amides is 2. The summed E-state index contributed by atoms with van der Waals surface area (Å²) in [6.45, 7) is 9.47. The van der Waals surface area contributed by atoms with Crippen LogP contribution in [0.2, 0.25) is 0 Å². The Labute approximate surface area is 219 Å². The van der Waals surface area contributed by atoms with Gasteiger partial charge in [-0.15, -0.1) is 12.4 Å². The molecule has 2 aromatic rings. The van der Waals surface area contributed by atoms with Crippen LogP contribution in [0.4, 0.5) is 17.2 Å². The topological polar surface area (TPSA) is 80.2 Å². The minimum Gasteiger partial charge on any atom is -0.374 e. The maximum Gasteiger partial charge on any atom is 0.256 e. The number of anilines is 3. The average Bonchev–Trinajstić information content (AvgIpc) is 3.42. The lowest BCUT2D eigenvalue weighted by Gasteiger charge is -2.37. The number of aryl methyl sites for hydroxylation is 2. The molecule has 0 bridgehead atoms. The van der Waals surface area contributed by atoms with Gasteiger partial charge in [-0.2, -0.15) is 0 Å². The van der Waals surface area contributed by atoms with Crippen molar-refractivity contribution in [2.24, 2.45) is 0 Å². The molecule has 0 aliphatic carbocycles. The van der Waals surface area contributed by atoms with Gasteiger partial charge >= 0.3 is 0 Å². The Morgan fingerprint density at radius 1 is 1.06 bits per heavy atom. The molecule has 1 aromatic heterocycles. The lowest BCUT2D eigenvalue weighted by molar-refractivity contribution is -0.117. The standard InChI is InChI=1S/C27H35N5O3.ClH/c1-18-15-19(2)26(28-17-18)29-11-13-30(14-12-29)27(35)22-8-7-21(32-20(3)6-9-25(32)34)16-23(22)31-10-4-5-24(31)33;/h7-8,15-17,20,25,34H,4-6,9-14H2,1-3H3;1H. The van der Waals surface area contributed by atoms with Gasteiger partial charge in [-0.3, -0.25) is 9.59 Å². The van der Waals surface area contributed by atoms with Crippen molar-refractivity contribution in [1.82, 2.24) is 9.88 Å². The largest absolute Gasteiger partial charge is 0.374 e. The molecule has 2 unspecified atom stereocenters. The number of rotatable bonds is 4. The van der Waals surface area contributed by atoms with Gasteiger partial charge in [-0.25, -0.2) is 4.98 Å². The number of aliphatic hydroxyl groups excluding tert-OH is 1. The SMILES string of the molecule is Cc1cnc(N2CCN(C(=O)c3ccc(N4C(C)CCC4O)cc3N3CCCC3=O)CC2)c(C)c1.Cl. The number of hydrogen-bond donors (Lipinski definition) is 1. The van der Waals surface area contributed by atoms with Crippen LogP contribution in [0.3, 0.4) is 0 Å². The molecule has 5 rings (SSSR count). The fourth-order valence-corrected chi connectivity index (χ4v) is 5.71. The van der Waals surface area contributed by atoms with Gasteiger partial charge in [0.05, 0.1) is 11.3 Å². The van der Waals surface area contributed by atoms with E-state index in [1.165, 1.54) is 0 Å². The summed E-state index contributed by atoms with van der Waals surface area (Å²) in [6, 6.07) is 8.03. The zero-order chi connectivity index (χ0) is 24.7. The van der Waals surface area contributed by atoms with Gasteiger partial charge in [0.15, 0.2) is 0 Å². The van der Waals surface area contributed by atoms with E-state index >= 15 is 0 Å². The first kappa shape index (κ1) is 26.2. The van der Waals surface area contributed by atoms with Gasteiger partial charge in [-0.05, 0) is 69.4 Å². The minimum absolute atomic E-state index is 0. The molecule has 1 aromatic carbocycles. The molecule has 36 heavy (non-hydrogen) atoms. The number of carbonyl (C=O) groups excluding carboxylic acids is 2. The first-order valence-corrected chi connectivity index (χ1v) is 12.7. The Hall–Kier alpha value is -2.84. The summed E-state index contributed by atoms with van der Waals surface area (Å²) in [5, 5.41) is 10.5. The number of hydrogen-bond acceptors (Lipinski definition) is 6. The van der Waals surface area contributed by atoms with Crippen LogP contribution in [0, 0.1) is 13.8 Å². The highest BCUT2D eigenvalue weighted by molar-refractivity contribution is 6.06. The molecule has 3 aliphatic rings. The molecule has 3 fully saturated rings. The van der Waals surface area contributed by atoms with E-state index in [-0.39, 0.29) is 30.3 Å². The molecule has 1 N–H and O–H groups in total. The van der Waals surface area contributed by atoms with Crippen LogP contribution < -0.4 is 14.7 Å². The summed E-state index contributed by atoms with van der Waals surface area (Å²) in [4.78, 5) is 38.8. The van der Waals surface area contributed by atoms with Crippen molar-refractivity contribution in [3.8, 4) is 0 Å². The second-order valence-corrected chi connectivity index (χ2v) is 10.1. The highest BCUT2D eigenvalue weighted by Crippen LogP contribution is 2.35. The molecule has 8 nitrogen and oxygen atoms in total. The van der Waals surface area contributed by atoms with Crippen LogP contribution in [0.5, 0.6) is 0 Å². The first-order valence-electron chi connectivity index (χ1n) is 12.7. The van der Waals surface area contributed by atoms with Crippen molar-refractivity contribution in [3.05, 3.63) is 47.2 Å². The van der Waals surface area contributed by atoms with E-state index in [1.807, 2.05) is 41.1 Å². The molecule has 194 valence electrons. The van der Waals surface area contributed by atoms with Crippen LogP contribution >= 0.6 is 12.4 Å². The molecule has 2 atom stereocenters. The first-order chi connectivity index (χ1) is 16.8. The number of pyridine rings is 1. The predicted molar refractivity (Wildman–Crippen MR) is 144 cm³/mol. The van der Waals surface area contributed by atoms with E-state index in [4.69, 9.17) is 0 Å². The van der Waals surface area contributed by atoms with E-state index in [2.05, 4.69) is 29.8 Å². The highest BCUT2D eigenvalue weighted by atomic mass is 35.5. The molecule has 3 saturated heterocycles. The maximum atomic E-state index is 13.7.